The zero-order valence-corrected chi connectivity index (χ0v) is 10.3. The molecule has 1 aromatic rings. The summed E-state index contributed by atoms with van der Waals surface area (Å²) in [5.74, 6) is -0.317. The third-order valence-corrected chi connectivity index (χ3v) is 2.45. The standard InChI is InChI=1S/C13H13F3N2O/c1-9(6-7-17)18-12(19)8-10-2-4-11(5-3-10)13(14,15)16/h2-5,9H,6,8H2,1H3,(H,18,19). The molecular formula is C13H13F3N2O. The van der Waals surface area contributed by atoms with Gasteiger partial charge in [-0.2, -0.15) is 18.4 Å². The van der Waals surface area contributed by atoms with E-state index in [4.69, 9.17) is 5.26 Å². The SMILES string of the molecule is CC(CC#N)NC(=O)Cc1ccc(C(F)(F)F)cc1. The van der Waals surface area contributed by atoms with Crippen LogP contribution in [0.5, 0.6) is 0 Å². The maximum absolute atomic E-state index is 12.3. The fraction of sp³-hybridized carbons (Fsp3) is 0.385. The van der Waals surface area contributed by atoms with Gasteiger partial charge in [0.25, 0.3) is 0 Å². The number of halogens is 3. The van der Waals surface area contributed by atoms with Gasteiger partial charge < -0.3 is 5.32 Å². The smallest absolute Gasteiger partial charge is 0.352 e. The Morgan fingerprint density at radius 2 is 1.95 bits per heavy atom. The average molecular weight is 270 g/mol. The van der Waals surface area contributed by atoms with Crippen molar-refractivity contribution < 1.29 is 18.0 Å². The van der Waals surface area contributed by atoms with Gasteiger partial charge in [-0.3, -0.25) is 4.79 Å². The molecule has 0 bridgehead atoms. The Bertz CT molecular complexity index is 474. The van der Waals surface area contributed by atoms with Gasteiger partial charge in [-0.15, -0.1) is 0 Å². The Hall–Kier alpha value is -2.03. The van der Waals surface area contributed by atoms with Crippen molar-refractivity contribution in [2.75, 3.05) is 0 Å². The molecule has 1 aromatic carbocycles. The second-order valence-corrected chi connectivity index (χ2v) is 4.20. The maximum Gasteiger partial charge on any atom is 0.416 e. The van der Waals surface area contributed by atoms with Gasteiger partial charge in [-0.1, -0.05) is 12.1 Å². The fourth-order valence-electron chi connectivity index (χ4n) is 1.51. The summed E-state index contributed by atoms with van der Waals surface area (Å²) in [6.07, 6.45) is -4.19. The molecule has 1 N–H and O–H groups in total. The Labute approximate surface area is 109 Å². The highest BCUT2D eigenvalue weighted by atomic mass is 19.4. The monoisotopic (exact) mass is 270 g/mol. The van der Waals surface area contributed by atoms with Crippen molar-refractivity contribution in [2.24, 2.45) is 0 Å². The van der Waals surface area contributed by atoms with E-state index in [-0.39, 0.29) is 24.8 Å². The van der Waals surface area contributed by atoms with E-state index in [0.717, 1.165) is 12.1 Å². The summed E-state index contributed by atoms with van der Waals surface area (Å²) in [6, 6.07) is 6.09. The van der Waals surface area contributed by atoms with E-state index in [9.17, 15) is 18.0 Å². The molecule has 0 radical (unpaired) electrons. The third-order valence-electron chi connectivity index (χ3n) is 2.45. The Morgan fingerprint density at radius 3 is 2.42 bits per heavy atom. The van der Waals surface area contributed by atoms with Crippen LogP contribution in [0, 0.1) is 11.3 Å². The molecule has 1 atom stereocenters. The van der Waals surface area contributed by atoms with Gasteiger partial charge in [0.1, 0.15) is 0 Å². The van der Waals surface area contributed by atoms with Crippen molar-refractivity contribution in [3.8, 4) is 6.07 Å². The first-order valence-electron chi connectivity index (χ1n) is 5.65. The van der Waals surface area contributed by atoms with Gasteiger partial charge in [-0.05, 0) is 24.6 Å². The van der Waals surface area contributed by atoms with E-state index >= 15 is 0 Å². The molecule has 0 aliphatic carbocycles. The predicted molar refractivity (Wildman–Crippen MR) is 63.0 cm³/mol. The molecule has 0 aliphatic heterocycles. The molecule has 1 amide bonds. The first-order valence-corrected chi connectivity index (χ1v) is 5.65. The van der Waals surface area contributed by atoms with Crippen molar-refractivity contribution >= 4 is 5.91 Å². The second kappa shape index (κ2) is 6.23. The Kier molecular flexibility index (Phi) is 4.93. The molecule has 3 nitrogen and oxygen atoms in total. The Balaban J connectivity index is 2.59. The van der Waals surface area contributed by atoms with Crippen LogP contribution >= 0.6 is 0 Å². The lowest BCUT2D eigenvalue weighted by Gasteiger charge is -2.11. The number of carbonyl (C=O) groups is 1. The minimum absolute atomic E-state index is 0.00605. The van der Waals surface area contributed by atoms with Gasteiger partial charge in [0.05, 0.1) is 24.5 Å². The van der Waals surface area contributed by atoms with Gasteiger partial charge in [0, 0.05) is 6.04 Å². The Morgan fingerprint density at radius 1 is 1.37 bits per heavy atom. The van der Waals surface area contributed by atoms with Crippen LogP contribution in [0.2, 0.25) is 0 Å². The average Bonchev–Trinajstić information content (AvgIpc) is 2.28. The lowest BCUT2D eigenvalue weighted by molar-refractivity contribution is -0.137. The van der Waals surface area contributed by atoms with Crippen molar-refractivity contribution in [3.63, 3.8) is 0 Å². The molecule has 0 aromatic heterocycles. The number of nitriles is 1. The van der Waals surface area contributed by atoms with Crippen LogP contribution < -0.4 is 5.32 Å². The molecule has 0 saturated carbocycles. The number of nitrogens with one attached hydrogen (secondary N) is 1. The van der Waals surface area contributed by atoms with Crippen LogP contribution in [-0.4, -0.2) is 11.9 Å². The quantitative estimate of drug-likeness (QED) is 0.914. The molecule has 0 fully saturated rings. The van der Waals surface area contributed by atoms with E-state index < -0.39 is 11.7 Å². The number of hydrogen-bond acceptors (Lipinski definition) is 2. The molecule has 0 aliphatic rings. The molecular weight excluding hydrogens is 257 g/mol. The largest absolute Gasteiger partial charge is 0.416 e. The minimum Gasteiger partial charge on any atom is -0.352 e. The summed E-state index contributed by atoms with van der Waals surface area (Å²) in [7, 11) is 0. The number of hydrogen-bond donors (Lipinski definition) is 1. The normalized spacial score (nSPS) is 12.6. The van der Waals surface area contributed by atoms with Crippen LogP contribution in [0.4, 0.5) is 13.2 Å². The fourth-order valence-corrected chi connectivity index (χ4v) is 1.51. The predicted octanol–water partition coefficient (Wildman–Crippen LogP) is 2.67. The van der Waals surface area contributed by atoms with Crippen molar-refractivity contribution in [2.45, 2.75) is 32.0 Å². The van der Waals surface area contributed by atoms with Gasteiger partial charge in [0.2, 0.25) is 5.91 Å². The first-order chi connectivity index (χ1) is 8.82. The van der Waals surface area contributed by atoms with Crippen LogP contribution in [0.3, 0.4) is 0 Å². The summed E-state index contributed by atoms with van der Waals surface area (Å²) in [6.45, 7) is 1.69. The van der Waals surface area contributed by atoms with Crippen LogP contribution in [0.25, 0.3) is 0 Å². The van der Waals surface area contributed by atoms with E-state index in [1.807, 2.05) is 6.07 Å². The van der Waals surface area contributed by atoms with E-state index in [0.29, 0.717) is 5.56 Å². The molecule has 1 unspecified atom stereocenters. The summed E-state index contributed by atoms with van der Waals surface area (Å²) in [4.78, 5) is 11.5. The molecule has 0 spiro atoms. The lowest BCUT2D eigenvalue weighted by atomic mass is 10.1. The first kappa shape index (κ1) is 15.0. The number of alkyl halides is 3. The number of carbonyl (C=O) groups excluding carboxylic acids is 1. The highest BCUT2D eigenvalue weighted by Crippen LogP contribution is 2.29. The summed E-state index contributed by atoms with van der Waals surface area (Å²) in [5.41, 5.74) is -0.246. The van der Waals surface area contributed by atoms with Crippen molar-refractivity contribution in [1.82, 2.24) is 5.32 Å². The molecule has 0 saturated heterocycles. The van der Waals surface area contributed by atoms with E-state index in [1.165, 1.54) is 12.1 Å². The van der Waals surface area contributed by atoms with Crippen molar-refractivity contribution in [3.05, 3.63) is 35.4 Å². The zero-order chi connectivity index (χ0) is 14.5. The highest BCUT2D eigenvalue weighted by Gasteiger charge is 2.29. The lowest BCUT2D eigenvalue weighted by Crippen LogP contribution is -2.33. The van der Waals surface area contributed by atoms with Crippen LogP contribution in [0.1, 0.15) is 24.5 Å². The summed E-state index contributed by atoms with van der Waals surface area (Å²) >= 11 is 0. The molecule has 0 heterocycles. The topological polar surface area (TPSA) is 52.9 Å². The molecule has 19 heavy (non-hydrogen) atoms. The second-order valence-electron chi connectivity index (χ2n) is 4.20. The number of amides is 1. The zero-order valence-electron chi connectivity index (χ0n) is 10.3. The van der Waals surface area contributed by atoms with Gasteiger partial charge >= 0.3 is 6.18 Å². The summed E-state index contributed by atoms with van der Waals surface area (Å²) < 4.78 is 37.0. The van der Waals surface area contributed by atoms with Crippen LogP contribution in [0.15, 0.2) is 24.3 Å². The number of rotatable bonds is 4. The molecule has 102 valence electrons. The van der Waals surface area contributed by atoms with Gasteiger partial charge in [-0.25, -0.2) is 0 Å². The number of nitrogens with zero attached hydrogens (tertiary/aromatic N) is 1. The van der Waals surface area contributed by atoms with Gasteiger partial charge in [0.15, 0.2) is 0 Å². The number of benzene rings is 1. The molecule has 6 heteroatoms. The third kappa shape index (κ3) is 5.00. The summed E-state index contributed by atoms with van der Waals surface area (Å²) in [5, 5.41) is 11.0. The molecule has 1 rings (SSSR count). The minimum atomic E-state index is -4.37. The van der Waals surface area contributed by atoms with Crippen LogP contribution in [-0.2, 0) is 17.4 Å². The highest BCUT2D eigenvalue weighted by molar-refractivity contribution is 5.78. The maximum atomic E-state index is 12.3. The van der Waals surface area contributed by atoms with E-state index in [1.54, 1.807) is 6.92 Å². The van der Waals surface area contributed by atoms with E-state index in [2.05, 4.69) is 5.32 Å². The van der Waals surface area contributed by atoms with Crippen molar-refractivity contribution in [1.29, 1.82) is 5.26 Å².